The number of carbonyl (C=O) groups is 2. The maximum Gasteiger partial charge on any atom is 0.256 e. The number of hydrogen-bond acceptors (Lipinski definition) is 3. The van der Waals surface area contributed by atoms with Crippen LogP contribution in [0.4, 0.5) is 11.5 Å². The summed E-state index contributed by atoms with van der Waals surface area (Å²) in [7, 11) is 0. The Morgan fingerprint density at radius 2 is 1.81 bits per heavy atom. The molecule has 1 saturated heterocycles. The van der Waals surface area contributed by atoms with Crippen molar-refractivity contribution in [3.8, 4) is 0 Å². The number of anilines is 2. The van der Waals surface area contributed by atoms with Crippen LogP contribution < -0.4 is 10.2 Å². The molecule has 136 valence electrons. The SMILES string of the molecule is O=C(Nc1ccnn1C1CCCCC1)c1ccc(N2CCCC2=O)cc1. The highest BCUT2D eigenvalue weighted by Crippen LogP contribution is 2.30. The molecule has 2 aliphatic rings. The van der Waals surface area contributed by atoms with E-state index in [1.54, 1.807) is 23.2 Å². The molecule has 1 N–H and O–H groups in total. The first-order valence-corrected chi connectivity index (χ1v) is 9.48. The standard InChI is InChI=1S/C20H24N4O2/c25-19-7-4-14-23(19)16-10-8-15(9-11-16)20(26)22-18-12-13-21-24(18)17-5-2-1-3-6-17/h8-13,17H,1-7,14H2,(H,22,26). The van der Waals surface area contributed by atoms with Crippen LogP contribution in [0.2, 0.25) is 0 Å². The Bertz CT molecular complexity index is 790. The zero-order valence-electron chi connectivity index (χ0n) is 14.9. The quantitative estimate of drug-likeness (QED) is 0.911. The molecule has 6 heteroatoms. The second-order valence-corrected chi connectivity index (χ2v) is 7.10. The number of nitrogens with zero attached hydrogens (tertiary/aromatic N) is 3. The fraction of sp³-hybridized carbons (Fsp3) is 0.450. The number of rotatable bonds is 4. The van der Waals surface area contributed by atoms with Crippen molar-refractivity contribution in [2.45, 2.75) is 51.0 Å². The number of hydrogen-bond donors (Lipinski definition) is 1. The lowest BCUT2D eigenvalue weighted by Gasteiger charge is -2.24. The zero-order valence-corrected chi connectivity index (χ0v) is 14.9. The third-order valence-corrected chi connectivity index (χ3v) is 5.35. The lowest BCUT2D eigenvalue weighted by atomic mass is 9.96. The summed E-state index contributed by atoms with van der Waals surface area (Å²) in [5.41, 5.74) is 1.44. The normalized spacial score (nSPS) is 18.3. The smallest absolute Gasteiger partial charge is 0.256 e. The van der Waals surface area contributed by atoms with E-state index in [-0.39, 0.29) is 11.8 Å². The van der Waals surface area contributed by atoms with Crippen LogP contribution in [0.15, 0.2) is 36.5 Å². The van der Waals surface area contributed by atoms with Crippen molar-refractivity contribution in [2.75, 3.05) is 16.8 Å². The number of benzene rings is 1. The lowest BCUT2D eigenvalue weighted by Crippen LogP contribution is -2.24. The summed E-state index contributed by atoms with van der Waals surface area (Å²) in [5, 5.41) is 7.40. The molecule has 6 nitrogen and oxygen atoms in total. The molecule has 1 aromatic carbocycles. The minimum absolute atomic E-state index is 0.151. The first-order chi connectivity index (χ1) is 12.7. The van der Waals surface area contributed by atoms with Gasteiger partial charge in [0, 0.05) is 30.3 Å². The van der Waals surface area contributed by atoms with Crippen LogP contribution in [0.5, 0.6) is 0 Å². The molecular formula is C20H24N4O2. The van der Waals surface area contributed by atoms with Crippen molar-refractivity contribution in [3.63, 3.8) is 0 Å². The Kier molecular flexibility index (Phi) is 4.73. The molecule has 1 aromatic heterocycles. The van der Waals surface area contributed by atoms with Gasteiger partial charge in [0.25, 0.3) is 5.91 Å². The number of nitrogens with one attached hydrogen (secondary N) is 1. The summed E-state index contributed by atoms with van der Waals surface area (Å²) in [6.45, 7) is 0.755. The van der Waals surface area contributed by atoms with Gasteiger partial charge in [0.1, 0.15) is 5.82 Å². The Morgan fingerprint density at radius 1 is 1.04 bits per heavy atom. The molecule has 1 aliphatic heterocycles. The monoisotopic (exact) mass is 352 g/mol. The number of carbonyl (C=O) groups excluding carboxylic acids is 2. The molecular weight excluding hydrogens is 328 g/mol. The average molecular weight is 352 g/mol. The lowest BCUT2D eigenvalue weighted by molar-refractivity contribution is -0.117. The summed E-state index contributed by atoms with van der Waals surface area (Å²) in [4.78, 5) is 26.2. The van der Waals surface area contributed by atoms with Gasteiger partial charge in [-0.3, -0.25) is 9.59 Å². The first-order valence-electron chi connectivity index (χ1n) is 9.48. The van der Waals surface area contributed by atoms with Crippen molar-refractivity contribution >= 4 is 23.3 Å². The summed E-state index contributed by atoms with van der Waals surface area (Å²) in [6.07, 6.45) is 9.19. The molecule has 2 aromatic rings. The van der Waals surface area contributed by atoms with Crippen LogP contribution in [-0.4, -0.2) is 28.1 Å². The van der Waals surface area contributed by atoms with Crippen LogP contribution in [0.25, 0.3) is 0 Å². The molecule has 0 atom stereocenters. The third-order valence-electron chi connectivity index (χ3n) is 5.35. The highest BCUT2D eigenvalue weighted by atomic mass is 16.2. The largest absolute Gasteiger partial charge is 0.312 e. The maximum atomic E-state index is 12.6. The second-order valence-electron chi connectivity index (χ2n) is 7.10. The van der Waals surface area contributed by atoms with Gasteiger partial charge in [-0.25, -0.2) is 4.68 Å². The second kappa shape index (κ2) is 7.32. The number of aromatic nitrogens is 2. The van der Waals surface area contributed by atoms with E-state index in [0.717, 1.165) is 37.3 Å². The van der Waals surface area contributed by atoms with Gasteiger partial charge in [0.2, 0.25) is 5.91 Å². The summed E-state index contributed by atoms with van der Waals surface area (Å²) < 4.78 is 1.95. The predicted molar refractivity (Wildman–Crippen MR) is 100 cm³/mol. The Balaban J connectivity index is 1.45. The van der Waals surface area contributed by atoms with Gasteiger partial charge >= 0.3 is 0 Å². The van der Waals surface area contributed by atoms with Gasteiger partial charge in [-0.2, -0.15) is 5.10 Å². The Labute approximate surface area is 153 Å². The minimum atomic E-state index is -0.151. The van der Waals surface area contributed by atoms with Gasteiger partial charge in [0.05, 0.1) is 12.2 Å². The van der Waals surface area contributed by atoms with Gasteiger partial charge < -0.3 is 10.2 Å². The average Bonchev–Trinajstić information content (AvgIpc) is 3.31. The topological polar surface area (TPSA) is 67.2 Å². The van der Waals surface area contributed by atoms with Crippen molar-refractivity contribution in [2.24, 2.45) is 0 Å². The van der Waals surface area contributed by atoms with Gasteiger partial charge in [0.15, 0.2) is 0 Å². The molecule has 1 aliphatic carbocycles. The van der Waals surface area contributed by atoms with Crippen LogP contribution in [0.3, 0.4) is 0 Å². The van der Waals surface area contributed by atoms with E-state index in [1.807, 2.05) is 22.9 Å². The van der Waals surface area contributed by atoms with Gasteiger partial charge in [-0.15, -0.1) is 0 Å². The molecule has 0 bridgehead atoms. The highest BCUT2D eigenvalue weighted by Gasteiger charge is 2.22. The van der Waals surface area contributed by atoms with E-state index < -0.39 is 0 Å². The summed E-state index contributed by atoms with van der Waals surface area (Å²) in [5.74, 6) is 0.751. The molecule has 4 rings (SSSR count). The van der Waals surface area contributed by atoms with Crippen molar-refractivity contribution in [3.05, 3.63) is 42.1 Å². The first kappa shape index (κ1) is 16.8. The summed E-state index contributed by atoms with van der Waals surface area (Å²) in [6, 6.07) is 9.46. The predicted octanol–water partition coefficient (Wildman–Crippen LogP) is 3.77. The third kappa shape index (κ3) is 3.36. The van der Waals surface area contributed by atoms with Crippen LogP contribution in [0, 0.1) is 0 Å². The highest BCUT2D eigenvalue weighted by molar-refractivity contribution is 6.04. The van der Waals surface area contributed by atoms with E-state index in [2.05, 4.69) is 10.4 Å². The summed E-state index contributed by atoms with van der Waals surface area (Å²) >= 11 is 0. The van der Waals surface area contributed by atoms with Crippen molar-refractivity contribution in [1.82, 2.24) is 9.78 Å². The van der Waals surface area contributed by atoms with Gasteiger partial charge in [-0.05, 0) is 43.5 Å². The molecule has 0 spiro atoms. The van der Waals surface area contributed by atoms with Crippen LogP contribution in [-0.2, 0) is 4.79 Å². The molecule has 0 unspecified atom stereocenters. The molecule has 26 heavy (non-hydrogen) atoms. The van der Waals surface area contributed by atoms with E-state index in [0.29, 0.717) is 18.0 Å². The fourth-order valence-electron chi connectivity index (χ4n) is 3.93. The van der Waals surface area contributed by atoms with E-state index in [9.17, 15) is 9.59 Å². The maximum absolute atomic E-state index is 12.6. The Morgan fingerprint density at radius 3 is 2.50 bits per heavy atom. The molecule has 2 heterocycles. The van der Waals surface area contributed by atoms with E-state index >= 15 is 0 Å². The molecule has 0 radical (unpaired) electrons. The molecule has 2 fully saturated rings. The minimum Gasteiger partial charge on any atom is -0.312 e. The fourth-order valence-corrected chi connectivity index (χ4v) is 3.93. The van der Waals surface area contributed by atoms with Crippen LogP contribution in [0.1, 0.15) is 61.3 Å². The Hall–Kier alpha value is -2.63. The molecule has 1 saturated carbocycles. The number of amides is 2. The molecule has 2 amide bonds. The van der Waals surface area contributed by atoms with Crippen molar-refractivity contribution in [1.29, 1.82) is 0 Å². The van der Waals surface area contributed by atoms with Crippen molar-refractivity contribution < 1.29 is 9.59 Å². The van der Waals surface area contributed by atoms with Gasteiger partial charge in [-0.1, -0.05) is 19.3 Å². The van der Waals surface area contributed by atoms with E-state index in [4.69, 9.17) is 0 Å². The van der Waals surface area contributed by atoms with E-state index in [1.165, 1.54) is 19.3 Å². The van der Waals surface area contributed by atoms with Crippen LogP contribution >= 0.6 is 0 Å². The zero-order chi connectivity index (χ0) is 17.9.